The Morgan fingerprint density at radius 3 is 2.06 bits per heavy atom. The molecule has 0 heterocycles. The Morgan fingerprint density at radius 1 is 0.875 bits per heavy atom. The highest BCUT2D eigenvalue weighted by Gasteiger charge is 2.25. The number of hydrogen-bond donors (Lipinski definition) is 0. The highest BCUT2D eigenvalue weighted by atomic mass is 35.5. The molecule has 0 N–H and O–H groups in total. The molecular formula is C25H25ClN2O4. The molecule has 0 aromatic heterocycles. The minimum absolute atomic E-state index is 0.152. The van der Waals surface area contributed by atoms with Crippen molar-refractivity contribution in [3.8, 4) is 11.5 Å². The van der Waals surface area contributed by atoms with E-state index in [9.17, 15) is 9.59 Å². The van der Waals surface area contributed by atoms with Crippen LogP contribution in [-0.4, -0.2) is 42.9 Å². The molecule has 0 atom stereocenters. The van der Waals surface area contributed by atoms with Gasteiger partial charge in [0, 0.05) is 26.7 Å². The monoisotopic (exact) mass is 452 g/mol. The van der Waals surface area contributed by atoms with Crippen molar-refractivity contribution in [3.05, 3.63) is 94.5 Å². The Kier molecular flexibility index (Phi) is 7.73. The molecule has 32 heavy (non-hydrogen) atoms. The number of urea groups is 1. The molecule has 0 aliphatic rings. The van der Waals surface area contributed by atoms with Crippen molar-refractivity contribution >= 4 is 23.5 Å². The number of carbonyl (C=O) groups is 2. The number of methoxy groups -OCH3 is 1. The van der Waals surface area contributed by atoms with E-state index >= 15 is 0 Å². The zero-order valence-electron chi connectivity index (χ0n) is 18.2. The molecule has 3 amide bonds. The van der Waals surface area contributed by atoms with Crippen LogP contribution in [0.25, 0.3) is 0 Å². The van der Waals surface area contributed by atoms with Crippen LogP contribution in [0.4, 0.5) is 4.79 Å². The lowest BCUT2D eigenvalue weighted by Gasteiger charge is -2.24. The topological polar surface area (TPSA) is 59.1 Å². The molecule has 0 saturated heterocycles. The number of benzene rings is 3. The van der Waals surface area contributed by atoms with Crippen LogP contribution >= 0.6 is 11.6 Å². The number of nitrogens with zero attached hydrogens (tertiary/aromatic N) is 2. The van der Waals surface area contributed by atoms with E-state index < -0.39 is 11.9 Å². The van der Waals surface area contributed by atoms with Crippen LogP contribution in [0.3, 0.4) is 0 Å². The van der Waals surface area contributed by atoms with Gasteiger partial charge in [0.25, 0.3) is 5.91 Å². The largest absolute Gasteiger partial charge is 0.493 e. The third-order valence-corrected chi connectivity index (χ3v) is 5.21. The summed E-state index contributed by atoms with van der Waals surface area (Å²) in [4.78, 5) is 28.4. The van der Waals surface area contributed by atoms with Gasteiger partial charge in [0.05, 0.1) is 17.7 Å². The lowest BCUT2D eigenvalue weighted by atomic mass is 10.1. The van der Waals surface area contributed by atoms with Gasteiger partial charge >= 0.3 is 6.03 Å². The van der Waals surface area contributed by atoms with Gasteiger partial charge in [-0.15, -0.1) is 0 Å². The summed E-state index contributed by atoms with van der Waals surface area (Å²) < 4.78 is 11.2. The molecule has 3 aromatic rings. The van der Waals surface area contributed by atoms with Crippen LogP contribution < -0.4 is 9.47 Å². The Balaban J connectivity index is 1.77. The van der Waals surface area contributed by atoms with Crippen LogP contribution in [0.2, 0.25) is 5.02 Å². The third-order valence-electron chi connectivity index (χ3n) is 4.90. The Morgan fingerprint density at radius 2 is 1.47 bits per heavy atom. The number of ether oxygens (including phenoxy) is 2. The molecule has 166 valence electrons. The minimum Gasteiger partial charge on any atom is -0.493 e. The van der Waals surface area contributed by atoms with Gasteiger partial charge in [-0.05, 0) is 17.2 Å². The van der Waals surface area contributed by atoms with Crippen molar-refractivity contribution in [2.45, 2.75) is 13.2 Å². The molecule has 3 aromatic carbocycles. The first-order valence-electron chi connectivity index (χ1n) is 10.0. The maximum absolute atomic E-state index is 13.1. The van der Waals surface area contributed by atoms with E-state index in [4.69, 9.17) is 21.1 Å². The number of halogens is 1. The van der Waals surface area contributed by atoms with Crippen LogP contribution in [-0.2, 0) is 13.2 Å². The quantitative estimate of drug-likeness (QED) is 0.491. The van der Waals surface area contributed by atoms with Crippen molar-refractivity contribution in [3.63, 3.8) is 0 Å². The average molecular weight is 453 g/mol. The summed E-state index contributed by atoms with van der Waals surface area (Å²) in [5, 5.41) is 0.171. The summed E-state index contributed by atoms with van der Waals surface area (Å²) in [6.07, 6.45) is 0. The second kappa shape index (κ2) is 10.7. The molecule has 0 saturated carbocycles. The second-order valence-corrected chi connectivity index (χ2v) is 7.65. The first-order valence-corrected chi connectivity index (χ1v) is 10.4. The first kappa shape index (κ1) is 23.2. The van der Waals surface area contributed by atoms with Crippen molar-refractivity contribution in [1.29, 1.82) is 0 Å². The molecule has 3 rings (SSSR count). The molecule has 0 aliphatic heterocycles. The van der Waals surface area contributed by atoms with Crippen LogP contribution in [0.5, 0.6) is 11.5 Å². The van der Waals surface area contributed by atoms with Crippen molar-refractivity contribution in [2.75, 3.05) is 21.2 Å². The van der Waals surface area contributed by atoms with Crippen LogP contribution in [0.1, 0.15) is 21.5 Å². The standard InChI is InChI=1S/C25H25ClN2O4/c1-27(16-18-10-6-4-7-11-18)25(30)28(2)24(29)20-14-23(22(31-3)15-21(20)26)32-17-19-12-8-5-9-13-19/h4-15H,16-17H2,1-3H3. The summed E-state index contributed by atoms with van der Waals surface area (Å²) in [5.74, 6) is 0.229. The normalized spacial score (nSPS) is 10.4. The van der Waals surface area contributed by atoms with Gasteiger partial charge < -0.3 is 14.4 Å². The summed E-state index contributed by atoms with van der Waals surface area (Å²) in [7, 11) is 4.57. The predicted octanol–water partition coefficient (Wildman–Crippen LogP) is 5.25. The predicted molar refractivity (Wildman–Crippen MR) is 124 cm³/mol. The van der Waals surface area contributed by atoms with E-state index in [0.717, 1.165) is 16.0 Å². The van der Waals surface area contributed by atoms with Crippen molar-refractivity contribution in [1.82, 2.24) is 9.80 Å². The molecule has 0 radical (unpaired) electrons. The zero-order valence-corrected chi connectivity index (χ0v) is 19.0. The van der Waals surface area contributed by atoms with E-state index in [1.807, 2.05) is 60.7 Å². The van der Waals surface area contributed by atoms with Crippen molar-refractivity contribution < 1.29 is 19.1 Å². The van der Waals surface area contributed by atoms with Gasteiger partial charge in [0.2, 0.25) is 0 Å². The summed E-state index contributed by atoms with van der Waals surface area (Å²) in [6.45, 7) is 0.667. The van der Waals surface area contributed by atoms with Gasteiger partial charge in [-0.1, -0.05) is 72.3 Å². The Labute approximate surface area is 192 Å². The third kappa shape index (κ3) is 5.59. The average Bonchev–Trinajstić information content (AvgIpc) is 2.82. The van der Waals surface area contributed by atoms with Crippen LogP contribution in [0, 0.1) is 0 Å². The highest BCUT2D eigenvalue weighted by Crippen LogP contribution is 2.34. The number of rotatable bonds is 7. The summed E-state index contributed by atoms with van der Waals surface area (Å²) >= 11 is 6.34. The second-order valence-electron chi connectivity index (χ2n) is 7.25. The van der Waals surface area contributed by atoms with E-state index in [1.165, 1.54) is 31.2 Å². The van der Waals surface area contributed by atoms with Gasteiger partial charge in [0.1, 0.15) is 6.61 Å². The molecule has 0 unspecified atom stereocenters. The minimum atomic E-state index is -0.535. The van der Waals surface area contributed by atoms with E-state index in [-0.39, 0.29) is 10.6 Å². The first-order chi connectivity index (χ1) is 15.4. The zero-order chi connectivity index (χ0) is 23.1. The maximum atomic E-state index is 13.1. The number of hydrogen-bond acceptors (Lipinski definition) is 4. The SMILES string of the molecule is COc1cc(Cl)c(C(=O)N(C)C(=O)N(C)Cc2ccccc2)cc1OCc1ccccc1. The van der Waals surface area contributed by atoms with Gasteiger partial charge in [-0.2, -0.15) is 0 Å². The van der Waals surface area contributed by atoms with Gasteiger partial charge in [-0.25, -0.2) is 4.79 Å². The lowest BCUT2D eigenvalue weighted by Crippen LogP contribution is -2.42. The fourth-order valence-corrected chi connectivity index (χ4v) is 3.39. The highest BCUT2D eigenvalue weighted by molar-refractivity contribution is 6.34. The number of imide groups is 1. The molecule has 0 spiro atoms. The fourth-order valence-electron chi connectivity index (χ4n) is 3.16. The molecule has 0 aliphatic carbocycles. The maximum Gasteiger partial charge on any atom is 0.326 e. The molecule has 7 heteroatoms. The molecular weight excluding hydrogens is 428 g/mol. The summed E-state index contributed by atoms with van der Waals surface area (Å²) in [6, 6.07) is 21.7. The van der Waals surface area contributed by atoms with Gasteiger partial charge in [-0.3, -0.25) is 9.69 Å². The number of carbonyl (C=O) groups excluding carboxylic acids is 2. The lowest BCUT2D eigenvalue weighted by molar-refractivity contribution is 0.0801. The van der Waals surface area contributed by atoms with E-state index in [1.54, 1.807) is 7.05 Å². The molecule has 6 nitrogen and oxygen atoms in total. The van der Waals surface area contributed by atoms with E-state index in [2.05, 4.69) is 0 Å². The smallest absolute Gasteiger partial charge is 0.326 e. The Hall–Kier alpha value is -3.51. The Bertz CT molecular complexity index is 1070. The molecule has 0 fully saturated rings. The fraction of sp³-hybridized carbons (Fsp3) is 0.200. The van der Waals surface area contributed by atoms with E-state index in [0.29, 0.717) is 24.7 Å². The summed E-state index contributed by atoms with van der Waals surface area (Å²) in [5.41, 5.74) is 2.08. The number of amides is 3. The van der Waals surface area contributed by atoms with Gasteiger partial charge in [0.15, 0.2) is 11.5 Å². The van der Waals surface area contributed by atoms with Crippen LogP contribution in [0.15, 0.2) is 72.8 Å². The molecule has 0 bridgehead atoms. The van der Waals surface area contributed by atoms with Crippen molar-refractivity contribution in [2.24, 2.45) is 0 Å².